The van der Waals surface area contributed by atoms with Crippen molar-refractivity contribution in [2.75, 3.05) is 5.32 Å². The van der Waals surface area contributed by atoms with Crippen LogP contribution in [0.25, 0.3) is 21.5 Å². The Balaban J connectivity index is 1.21. The van der Waals surface area contributed by atoms with E-state index in [2.05, 4.69) is 115 Å². The highest BCUT2D eigenvalue weighted by Gasteiger charge is 2.27. The average Bonchev–Trinajstić information content (AvgIpc) is 3.50. The number of anilines is 1. The summed E-state index contributed by atoms with van der Waals surface area (Å²) in [7, 11) is 2.34. The Morgan fingerprint density at radius 3 is 1.95 bits per heavy atom. The molecular weight excluding hydrogens is 499 g/mol. The van der Waals surface area contributed by atoms with Crippen molar-refractivity contribution in [3.63, 3.8) is 0 Å². The van der Waals surface area contributed by atoms with Crippen molar-refractivity contribution < 1.29 is 0 Å². The molecule has 8 rings (SSSR count). The van der Waals surface area contributed by atoms with Crippen LogP contribution in [-0.4, -0.2) is 19.0 Å². The van der Waals surface area contributed by atoms with Gasteiger partial charge in [0.05, 0.1) is 0 Å². The molecule has 0 spiro atoms. The smallest absolute Gasteiger partial charge is 0.189 e. The van der Waals surface area contributed by atoms with Gasteiger partial charge >= 0.3 is 0 Å². The maximum Gasteiger partial charge on any atom is 0.189 e. The van der Waals surface area contributed by atoms with Gasteiger partial charge in [-0.25, -0.2) is 9.98 Å². The van der Waals surface area contributed by atoms with Crippen LogP contribution in [0.2, 0.25) is 0 Å². The summed E-state index contributed by atoms with van der Waals surface area (Å²) >= 11 is 0. The number of rotatable bonds is 4. The number of benzene rings is 6. The van der Waals surface area contributed by atoms with Crippen molar-refractivity contribution in [2.45, 2.75) is 12.1 Å². The second-order valence-electron chi connectivity index (χ2n) is 10.6. The van der Waals surface area contributed by atoms with Crippen LogP contribution >= 0.6 is 0 Å². The second-order valence-corrected chi connectivity index (χ2v) is 10.6. The lowest BCUT2D eigenvalue weighted by atomic mass is 9.63. The molecule has 0 fully saturated rings. The third-order valence-corrected chi connectivity index (χ3v) is 8.01. The van der Waals surface area contributed by atoms with Crippen LogP contribution in [0.3, 0.4) is 0 Å². The summed E-state index contributed by atoms with van der Waals surface area (Å²) in [4.78, 5) is 10.2. The van der Waals surface area contributed by atoms with Crippen molar-refractivity contribution in [1.82, 2.24) is 5.32 Å². The number of hydrogen-bond donors (Lipinski definition) is 2. The maximum absolute atomic E-state index is 5.08. The molecule has 4 nitrogen and oxygen atoms in total. The minimum absolute atomic E-state index is 0.106. The van der Waals surface area contributed by atoms with Gasteiger partial charge < -0.3 is 10.6 Å². The molecule has 0 amide bonds. The molecule has 0 aromatic heterocycles. The molecule has 2 heterocycles. The predicted molar refractivity (Wildman–Crippen MR) is 171 cm³/mol. The van der Waals surface area contributed by atoms with Crippen molar-refractivity contribution in [3.05, 3.63) is 156 Å². The first kappa shape index (κ1) is 23.7. The zero-order valence-corrected chi connectivity index (χ0v) is 22.3. The van der Waals surface area contributed by atoms with Crippen molar-refractivity contribution in [1.29, 1.82) is 0 Å². The lowest BCUT2D eigenvalue weighted by Crippen LogP contribution is -2.35. The summed E-state index contributed by atoms with van der Waals surface area (Å²) in [5, 5.41) is 12.2. The normalized spacial score (nSPS) is 16.3. The van der Waals surface area contributed by atoms with Crippen molar-refractivity contribution in [3.8, 4) is 0 Å². The third kappa shape index (κ3) is 4.27. The second kappa shape index (κ2) is 9.79. The topological polar surface area (TPSA) is 48.8 Å². The minimum Gasteiger partial charge on any atom is -0.385 e. The van der Waals surface area contributed by atoms with Gasteiger partial charge in [-0.1, -0.05) is 133 Å². The molecule has 0 saturated carbocycles. The zero-order valence-electron chi connectivity index (χ0n) is 22.3. The SMILES string of the molecule is [B]1c2ccc3ccc(C4N=C(c5ccccc5)NC(c5ccccc5)=N4)cc3c2NC1c1cccc2ccccc12. The quantitative estimate of drug-likeness (QED) is 0.245. The summed E-state index contributed by atoms with van der Waals surface area (Å²) in [5.74, 6) is 1.75. The molecule has 6 aromatic rings. The molecule has 1 atom stereocenters. The van der Waals surface area contributed by atoms with Gasteiger partial charge in [0.25, 0.3) is 0 Å². The Kier molecular flexibility index (Phi) is 5.66. The third-order valence-electron chi connectivity index (χ3n) is 8.01. The van der Waals surface area contributed by atoms with E-state index in [0.717, 1.165) is 34.0 Å². The summed E-state index contributed by atoms with van der Waals surface area (Å²) in [6.45, 7) is 0. The van der Waals surface area contributed by atoms with Gasteiger partial charge in [0, 0.05) is 28.1 Å². The molecule has 5 heteroatoms. The van der Waals surface area contributed by atoms with Crippen LogP contribution in [-0.2, 0) is 0 Å². The van der Waals surface area contributed by atoms with Crippen molar-refractivity contribution in [2.24, 2.45) is 9.98 Å². The lowest BCUT2D eigenvalue weighted by Gasteiger charge is -2.23. The average molecular weight is 525 g/mol. The molecule has 193 valence electrons. The van der Waals surface area contributed by atoms with Crippen LogP contribution in [0.15, 0.2) is 143 Å². The molecular formula is C36H26BN4. The van der Waals surface area contributed by atoms with Gasteiger partial charge in [-0.2, -0.15) is 0 Å². The van der Waals surface area contributed by atoms with Gasteiger partial charge in [0.1, 0.15) is 11.7 Å². The fourth-order valence-corrected chi connectivity index (χ4v) is 5.97. The van der Waals surface area contributed by atoms with E-state index in [1.54, 1.807) is 0 Å². The highest BCUT2D eigenvalue weighted by atomic mass is 15.2. The van der Waals surface area contributed by atoms with E-state index >= 15 is 0 Å². The van der Waals surface area contributed by atoms with E-state index in [9.17, 15) is 0 Å². The summed E-state index contributed by atoms with van der Waals surface area (Å²) in [6.07, 6.45) is -0.360. The Hall–Kier alpha value is -5.16. The lowest BCUT2D eigenvalue weighted by molar-refractivity contribution is 0.757. The molecule has 2 aliphatic rings. The molecule has 2 aliphatic heterocycles. The Labute approximate surface area is 239 Å². The maximum atomic E-state index is 5.08. The van der Waals surface area contributed by atoms with E-state index in [0.29, 0.717) is 0 Å². The van der Waals surface area contributed by atoms with Gasteiger partial charge in [-0.05, 0) is 33.4 Å². The summed E-state index contributed by atoms with van der Waals surface area (Å²) < 4.78 is 0. The molecule has 1 unspecified atom stereocenters. The molecule has 0 aliphatic carbocycles. The minimum atomic E-state index is -0.360. The zero-order chi connectivity index (χ0) is 27.2. The van der Waals surface area contributed by atoms with E-state index < -0.39 is 0 Å². The summed E-state index contributed by atoms with van der Waals surface area (Å²) in [6, 6.07) is 46.7. The number of nitrogens with zero attached hydrogens (tertiary/aromatic N) is 2. The van der Waals surface area contributed by atoms with Gasteiger partial charge in [0.15, 0.2) is 13.4 Å². The van der Waals surface area contributed by atoms with Crippen LogP contribution in [0.1, 0.15) is 34.4 Å². The fraction of sp³-hybridized carbons (Fsp3) is 0.0556. The van der Waals surface area contributed by atoms with Crippen LogP contribution in [0.5, 0.6) is 0 Å². The fourth-order valence-electron chi connectivity index (χ4n) is 5.97. The number of fused-ring (bicyclic) bond motifs is 4. The molecule has 0 saturated heterocycles. The first-order valence-corrected chi connectivity index (χ1v) is 14.0. The Morgan fingerprint density at radius 1 is 0.561 bits per heavy atom. The highest BCUT2D eigenvalue weighted by molar-refractivity contribution is 6.61. The van der Waals surface area contributed by atoms with E-state index in [-0.39, 0.29) is 12.1 Å². The van der Waals surface area contributed by atoms with E-state index in [1.807, 2.05) is 36.4 Å². The predicted octanol–water partition coefficient (Wildman–Crippen LogP) is 6.94. The molecule has 2 N–H and O–H groups in total. The van der Waals surface area contributed by atoms with E-state index in [4.69, 9.17) is 9.98 Å². The largest absolute Gasteiger partial charge is 0.385 e. The number of amidine groups is 2. The molecule has 1 radical (unpaired) electrons. The van der Waals surface area contributed by atoms with Gasteiger partial charge in [0.2, 0.25) is 0 Å². The number of nitrogens with one attached hydrogen (secondary N) is 2. The van der Waals surface area contributed by atoms with Crippen LogP contribution in [0, 0.1) is 0 Å². The summed E-state index contributed by atoms with van der Waals surface area (Å²) in [5.41, 5.74) is 6.81. The van der Waals surface area contributed by atoms with Crippen molar-refractivity contribution >= 4 is 51.6 Å². The Morgan fingerprint density at radius 2 is 1.20 bits per heavy atom. The van der Waals surface area contributed by atoms with Gasteiger partial charge in [-0.15, -0.1) is 0 Å². The van der Waals surface area contributed by atoms with Crippen LogP contribution in [0.4, 0.5) is 5.69 Å². The Bertz CT molecular complexity index is 1920. The first-order chi connectivity index (χ1) is 20.3. The standard InChI is InChI=1S/C36H26BN4/c1-3-11-25(12-4-1)34-39-35(26-13-5-2-6-14-26)41-36(40-34)27-19-18-24-20-21-31-32(30(24)22-27)38-33(37-31)29-17-9-15-23-10-7-8-16-28(23)29/h1-22,33,36,38H,(H,39,40,41). The molecule has 6 aromatic carbocycles. The first-order valence-electron chi connectivity index (χ1n) is 14.0. The van der Waals surface area contributed by atoms with Crippen LogP contribution < -0.4 is 16.1 Å². The highest BCUT2D eigenvalue weighted by Crippen LogP contribution is 2.35. The molecule has 0 bridgehead atoms. The monoisotopic (exact) mass is 525 g/mol. The number of hydrogen-bond acceptors (Lipinski definition) is 4. The molecule has 41 heavy (non-hydrogen) atoms. The number of aliphatic imine (C=N–C) groups is 2. The van der Waals surface area contributed by atoms with Gasteiger partial charge in [-0.3, -0.25) is 0 Å². The van der Waals surface area contributed by atoms with E-state index in [1.165, 1.54) is 32.6 Å².